The van der Waals surface area contributed by atoms with Gasteiger partial charge in [-0.15, -0.1) is 0 Å². The van der Waals surface area contributed by atoms with Gasteiger partial charge < -0.3 is 5.73 Å². The van der Waals surface area contributed by atoms with Crippen LogP contribution >= 0.6 is 0 Å². The Hall–Kier alpha value is -0.930. The lowest BCUT2D eigenvalue weighted by Gasteiger charge is -2.35. The number of rotatable bonds is 3. The van der Waals surface area contributed by atoms with E-state index in [1.54, 1.807) is 12.1 Å². The molecule has 0 aliphatic carbocycles. The first-order chi connectivity index (χ1) is 8.16. The molecule has 2 nitrogen and oxygen atoms in total. The van der Waals surface area contributed by atoms with Crippen molar-refractivity contribution in [2.45, 2.75) is 38.3 Å². The zero-order chi connectivity index (χ0) is 12.3. The number of likely N-dealkylation sites (tertiary alicyclic amines) is 1. The second-order valence-electron chi connectivity index (χ2n) is 5.00. The standard InChI is InChI=1S/C14H21FN2/c1-11-5-2-3-8-17(11)10-14(16)12-6-4-7-13(15)9-12/h4,6-7,9,11,14H,2-3,5,8,10,16H2,1H3. The smallest absolute Gasteiger partial charge is 0.123 e. The molecule has 1 fully saturated rings. The van der Waals surface area contributed by atoms with E-state index in [2.05, 4.69) is 11.8 Å². The minimum atomic E-state index is -0.204. The third kappa shape index (κ3) is 3.27. The van der Waals surface area contributed by atoms with Gasteiger partial charge in [-0.3, -0.25) is 4.90 Å². The third-order valence-electron chi connectivity index (χ3n) is 3.65. The summed E-state index contributed by atoms with van der Waals surface area (Å²) < 4.78 is 13.1. The zero-order valence-corrected chi connectivity index (χ0v) is 10.4. The van der Waals surface area contributed by atoms with Crippen molar-refractivity contribution >= 4 is 0 Å². The fraction of sp³-hybridized carbons (Fsp3) is 0.571. The van der Waals surface area contributed by atoms with E-state index in [0.717, 1.165) is 18.7 Å². The predicted molar refractivity (Wildman–Crippen MR) is 68.2 cm³/mol. The van der Waals surface area contributed by atoms with Gasteiger partial charge in [0, 0.05) is 18.6 Å². The van der Waals surface area contributed by atoms with Crippen LogP contribution in [0.1, 0.15) is 37.8 Å². The lowest BCUT2D eigenvalue weighted by atomic mass is 10.0. The van der Waals surface area contributed by atoms with Crippen molar-refractivity contribution in [1.82, 2.24) is 4.90 Å². The number of benzene rings is 1. The number of nitrogens with two attached hydrogens (primary N) is 1. The van der Waals surface area contributed by atoms with Gasteiger partial charge in [-0.1, -0.05) is 18.6 Å². The van der Waals surface area contributed by atoms with Gasteiger partial charge in [0.2, 0.25) is 0 Å². The normalized spacial score (nSPS) is 23.6. The van der Waals surface area contributed by atoms with Crippen LogP contribution in [-0.2, 0) is 0 Å². The van der Waals surface area contributed by atoms with Gasteiger partial charge in [0.25, 0.3) is 0 Å². The minimum absolute atomic E-state index is 0.0914. The number of hydrogen-bond donors (Lipinski definition) is 1. The average molecular weight is 236 g/mol. The molecule has 1 heterocycles. The maximum absolute atomic E-state index is 13.1. The molecule has 2 N–H and O–H groups in total. The van der Waals surface area contributed by atoms with E-state index in [9.17, 15) is 4.39 Å². The first-order valence-corrected chi connectivity index (χ1v) is 6.42. The van der Waals surface area contributed by atoms with Crippen LogP contribution in [-0.4, -0.2) is 24.0 Å². The molecule has 1 saturated heterocycles. The molecule has 1 aromatic carbocycles. The summed E-state index contributed by atoms with van der Waals surface area (Å²) in [6.07, 6.45) is 3.81. The van der Waals surface area contributed by atoms with Gasteiger partial charge in [-0.2, -0.15) is 0 Å². The van der Waals surface area contributed by atoms with Gasteiger partial charge in [-0.25, -0.2) is 4.39 Å². The van der Waals surface area contributed by atoms with E-state index in [4.69, 9.17) is 5.73 Å². The number of halogens is 1. The second kappa shape index (κ2) is 5.61. The summed E-state index contributed by atoms with van der Waals surface area (Å²) >= 11 is 0. The Morgan fingerprint density at radius 1 is 1.47 bits per heavy atom. The average Bonchev–Trinajstić information content (AvgIpc) is 2.32. The molecule has 0 spiro atoms. The van der Waals surface area contributed by atoms with E-state index >= 15 is 0 Å². The van der Waals surface area contributed by atoms with E-state index in [-0.39, 0.29) is 11.9 Å². The van der Waals surface area contributed by atoms with E-state index in [0.29, 0.717) is 6.04 Å². The largest absolute Gasteiger partial charge is 0.323 e. The van der Waals surface area contributed by atoms with Crippen LogP contribution in [0.25, 0.3) is 0 Å². The Morgan fingerprint density at radius 2 is 2.29 bits per heavy atom. The summed E-state index contributed by atoms with van der Waals surface area (Å²) in [4.78, 5) is 2.42. The highest BCUT2D eigenvalue weighted by Crippen LogP contribution is 2.20. The maximum Gasteiger partial charge on any atom is 0.123 e. The van der Waals surface area contributed by atoms with Crippen molar-refractivity contribution in [2.75, 3.05) is 13.1 Å². The van der Waals surface area contributed by atoms with Crippen LogP contribution in [0, 0.1) is 5.82 Å². The molecule has 2 rings (SSSR count). The fourth-order valence-corrected chi connectivity index (χ4v) is 2.52. The molecule has 2 unspecified atom stereocenters. The topological polar surface area (TPSA) is 29.3 Å². The van der Waals surface area contributed by atoms with Crippen LogP contribution in [0.5, 0.6) is 0 Å². The van der Waals surface area contributed by atoms with E-state index in [1.807, 2.05) is 6.07 Å². The zero-order valence-electron chi connectivity index (χ0n) is 10.4. The first kappa shape index (κ1) is 12.5. The summed E-state index contributed by atoms with van der Waals surface area (Å²) in [6, 6.07) is 7.14. The quantitative estimate of drug-likeness (QED) is 0.874. The molecule has 3 heteroatoms. The summed E-state index contributed by atoms with van der Waals surface area (Å²) in [7, 11) is 0. The molecule has 94 valence electrons. The summed E-state index contributed by atoms with van der Waals surface area (Å²) in [6.45, 7) is 4.19. The molecule has 1 aliphatic heterocycles. The SMILES string of the molecule is CC1CCCCN1CC(N)c1cccc(F)c1. The molecular formula is C14H21FN2. The molecule has 0 aromatic heterocycles. The highest BCUT2D eigenvalue weighted by atomic mass is 19.1. The van der Waals surface area contributed by atoms with Crippen molar-refractivity contribution in [1.29, 1.82) is 0 Å². The van der Waals surface area contributed by atoms with Crippen LogP contribution in [0.4, 0.5) is 4.39 Å². The molecule has 17 heavy (non-hydrogen) atoms. The molecule has 0 radical (unpaired) electrons. The van der Waals surface area contributed by atoms with Crippen LogP contribution in [0.3, 0.4) is 0 Å². The Labute approximate surface area is 103 Å². The van der Waals surface area contributed by atoms with Crippen molar-refractivity contribution in [3.05, 3.63) is 35.6 Å². The van der Waals surface area contributed by atoms with E-state index < -0.39 is 0 Å². The molecule has 0 bridgehead atoms. The monoisotopic (exact) mass is 236 g/mol. The molecule has 1 aromatic rings. The molecule has 0 amide bonds. The van der Waals surface area contributed by atoms with Gasteiger partial charge >= 0.3 is 0 Å². The van der Waals surface area contributed by atoms with Crippen LogP contribution < -0.4 is 5.73 Å². The lowest BCUT2D eigenvalue weighted by Crippen LogP contribution is -2.41. The Balaban J connectivity index is 1.98. The Bertz CT molecular complexity index is 367. The fourth-order valence-electron chi connectivity index (χ4n) is 2.52. The van der Waals surface area contributed by atoms with Crippen LogP contribution in [0.2, 0.25) is 0 Å². The van der Waals surface area contributed by atoms with Gasteiger partial charge in [0.05, 0.1) is 0 Å². The van der Waals surface area contributed by atoms with Crippen LogP contribution in [0.15, 0.2) is 24.3 Å². The summed E-state index contributed by atoms with van der Waals surface area (Å²) in [5, 5.41) is 0. The number of piperidine rings is 1. The molecular weight excluding hydrogens is 215 g/mol. The van der Waals surface area contributed by atoms with E-state index in [1.165, 1.54) is 25.3 Å². The van der Waals surface area contributed by atoms with Crippen molar-refractivity contribution in [2.24, 2.45) is 5.73 Å². The first-order valence-electron chi connectivity index (χ1n) is 6.42. The lowest BCUT2D eigenvalue weighted by molar-refractivity contribution is 0.151. The second-order valence-corrected chi connectivity index (χ2v) is 5.00. The van der Waals surface area contributed by atoms with Gasteiger partial charge in [-0.05, 0) is 44.0 Å². The number of hydrogen-bond acceptors (Lipinski definition) is 2. The van der Waals surface area contributed by atoms with Gasteiger partial charge in [0.1, 0.15) is 5.82 Å². The van der Waals surface area contributed by atoms with Crippen molar-refractivity contribution in [3.8, 4) is 0 Å². The third-order valence-corrected chi connectivity index (χ3v) is 3.65. The summed E-state index contributed by atoms with van der Waals surface area (Å²) in [5.41, 5.74) is 7.04. The minimum Gasteiger partial charge on any atom is -0.323 e. The molecule has 2 atom stereocenters. The maximum atomic E-state index is 13.1. The predicted octanol–water partition coefficient (Wildman–Crippen LogP) is 2.70. The van der Waals surface area contributed by atoms with Crippen molar-refractivity contribution in [3.63, 3.8) is 0 Å². The summed E-state index contributed by atoms with van der Waals surface area (Å²) in [5.74, 6) is -0.204. The molecule has 0 saturated carbocycles. The number of nitrogens with zero attached hydrogens (tertiary/aromatic N) is 1. The highest BCUT2D eigenvalue weighted by molar-refractivity contribution is 5.20. The van der Waals surface area contributed by atoms with Gasteiger partial charge in [0.15, 0.2) is 0 Å². The Kier molecular flexibility index (Phi) is 4.13. The molecule has 1 aliphatic rings. The van der Waals surface area contributed by atoms with Crippen molar-refractivity contribution < 1.29 is 4.39 Å². The highest BCUT2D eigenvalue weighted by Gasteiger charge is 2.20. The Morgan fingerprint density at radius 3 is 3.00 bits per heavy atom.